The number of nitrogens with two attached hydrogens (primary N) is 1. The average molecular weight is 198 g/mol. The van der Waals surface area contributed by atoms with Gasteiger partial charge in [-0.2, -0.15) is 0 Å². The van der Waals surface area contributed by atoms with Crippen molar-refractivity contribution in [3.63, 3.8) is 0 Å². The number of oxime groups is 1. The number of hydrogen-bond acceptors (Lipinski definition) is 3. The van der Waals surface area contributed by atoms with Crippen LogP contribution >= 0.6 is 0 Å². The topological polar surface area (TPSA) is 67.8 Å². The van der Waals surface area contributed by atoms with Crippen LogP contribution in [0.4, 0.5) is 0 Å². The van der Waals surface area contributed by atoms with Gasteiger partial charge in [-0.1, -0.05) is 5.16 Å². The van der Waals surface area contributed by atoms with Gasteiger partial charge < -0.3 is 15.7 Å². The van der Waals surface area contributed by atoms with Gasteiger partial charge in [0.05, 0.1) is 12.7 Å². The first-order chi connectivity index (χ1) is 6.74. The maximum Gasteiger partial charge on any atom is 0.139 e. The molecule has 0 unspecified atom stereocenters. The van der Waals surface area contributed by atoms with Crippen LogP contribution in [0.1, 0.15) is 38.5 Å². The van der Waals surface area contributed by atoms with Crippen LogP contribution in [-0.4, -0.2) is 23.8 Å². The molecule has 0 aliphatic heterocycles. The second kappa shape index (κ2) is 3.77. The number of amidine groups is 1. The normalized spacial score (nSPS) is 25.9. The third-order valence-corrected chi connectivity index (χ3v) is 3.32. The molecule has 0 amide bonds. The Morgan fingerprint density at radius 1 is 1.50 bits per heavy atom. The van der Waals surface area contributed by atoms with Crippen molar-refractivity contribution in [2.75, 3.05) is 6.61 Å². The van der Waals surface area contributed by atoms with Gasteiger partial charge in [0.15, 0.2) is 0 Å². The number of hydrogen-bond donors (Lipinski definition) is 2. The Hall–Kier alpha value is -0.770. The Labute approximate surface area is 84.1 Å². The van der Waals surface area contributed by atoms with E-state index in [1.54, 1.807) is 0 Å². The van der Waals surface area contributed by atoms with E-state index in [1.165, 1.54) is 19.3 Å². The lowest BCUT2D eigenvalue weighted by molar-refractivity contribution is -0.0200. The second-order valence-corrected chi connectivity index (χ2v) is 4.63. The molecule has 0 aromatic heterocycles. The summed E-state index contributed by atoms with van der Waals surface area (Å²) in [5.74, 6) is 0.333. The average Bonchev–Trinajstić information content (AvgIpc) is 2.82. The van der Waals surface area contributed by atoms with Crippen molar-refractivity contribution in [3.05, 3.63) is 0 Å². The zero-order valence-corrected chi connectivity index (χ0v) is 8.41. The maximum absolute atomic E-state index is 8.48. The molecule has 0 radical (unpaired) electrons. The molecule has 0 bridgehead atoms. The van der Waals surface area contributed by atoms with E-state index in [9.17, 15) is 0 Å². The third-order valence-electron chi connectivity index (χ3n) is 3.32. The predicted octanol–water partition coefficient (Wildman–Crippen LogP) is 1.47. The second-order valence-electron chi connectivity index (χ2n) is 4.63. The predicted molar refractivity (Wildman–Crippen MR) is 53.3 cm³/mol. The Balaban J connectivity index is 1.72. The van der Waals surface area contributed by atoms with Crippen LogP contribution in [0.25, 0.3) is 0 Å². The van der Waals surface area contributed by atoms with E-state index in [0.717, 1.165) is 19.4 Å². The summed E-state index contributed by atoms with van der Waals surface area (Å²) in [5, 5.41) is 11.5. The maximum atomic E-state index is 8.48. The van der Waals surface area contributed by atoms with Crippen LogP contribution in [0.2, 0.25) is 0 Å². The molecule has 14 heavy (non-hydrogen) atoms. The van der Waals surface area contributed by atoms with E-state index in [4.69, 9.17) is 15.7 Å². The van der Waals surface area contributed by atoms with Crippen molar-refractivity contribution >= 4 is 5.84 Å². The van der Waals surface area contributed by atoms with E-state index >= 15 is 0 Å². The molecule has 0 aromatic rings. The van der Waals surface area contributed by atoms with Crippen LogP contribution in [0.3, 0.4) is 0 Å². The Kier molecular flexibility index (Phi) is 2.63. The summed E-state index contributed by atoms with van der Waals surface area (Å²) in [5.41, 5.74) is 5.70. The van der Waals surface area contributed by atoms with Crippen molar-refractivity contribution in [2.24, 2.45) is 16.3 Å². The first kappa shape index (κ1) is 9.77. The molecule has 2 aliphatic carbocycles. The first-order valence-corrected chi connectivity index (χ1v) is 5.32. The molecule has 2 fully saturated rings. The highest BCUT2D eigenvalue weighted by Crippen LogP contribution is 2.49. The molecular formula is C10H18N2O2. The highest BCUT2D eigenvalue weighted by Gasteiger charge is 2.44. The Bertz CT molecular complexity index is 232. The molecule has 0 saturated heterocycles. The van der Waals surface area contributed by atoms with Crippen molar-refractivity contribution < 1.29 is 9.94 Å². The van der Waals surface area contributed by atoms with Crippen molar-refractivity contribution in [1.29, 1.82) is 0 Å². The molecule has 2 saturated carbocycles. The lowest BCUT2D eigenvalue weighted by Gasteiger charge is -2.27. The molecule has 0 spiro atoms. The van der Waals surface area contributed by atoms with Crippen LogP contribution < -0.4 is 5.73 Å². The quantitative estimate of drug-likeness (QED) is 0.304. The molecule has 4 nitrogen and oxygen atoms in total. The number of rotatable bonds is 5. The molecule has 2 aliphatic rings. The Morgan fingerprint density at radius 2 is 2.21 bits per heavy atom. The molecule has 0 heterocycles. The van der Waals surface area contributed by atoms with Crippen LogP contribution in [0.5, 0.6) is 0 Å². The summed E-state index contributed by atoms with van der Waals surface area (Å²) in [6.07, 6.45) is 7.18. The van der Waals surface area contributed by atoms with Gasteiger partial charge in [-0.3, -0.25) is 0 Å². The smallest absolute Gasteiger partial charge is 0.139 e. The van der Waals surface area contributed by atoms with E-state index < -0.39 is 0 Å². The van der Waals surface area contributed by atoms with Crippen LogP contribution in [0.15, 0.2) is 5.16 Å². The standard InChI is InChI=1S/C10H18N2O2/c11-9(12-13)6-10(4-5-10)7-14-8-2-1-3-8/h8,13H,1-7H2,(H2,11,12). The van der Waals surface area contributed by atoms with Gasteiger partial charge in [0.2, 0.25) is 0 Å². The van der Waals surface area contributed by atoms with Gasteiger partial charge in [-0.05, 0) is 32.1 Å². The SMILES string of the molecule is NC(CC1(COC2CCC2)CC1)=NO. The summed E-state index contributed by atoms with van der Waals surface area (Å²) in [4.78, 5) is 0. The fourth-order valence-electron chi connectivity index (χ4n) is 1.80. The van der Waals surface area contributed by atoms with Gasteiger partial charge >= 0.3 is 0 Å². The lowest BCUT2D eigenvalue weighted by Crippen LogP contribution is -2.27. The molecule has 2 rings (SSSR count). The van der Waals surface area contributed by atoms with Crippen molar-refractivity contribution in [1.82, 2.24) is 0 Å². The zero-order valence-electron chi connectivity index (χ0n) is 8.41. The minimum absolute atomic E-state index is 0.200. The van der Waals surface area contributed by atoms with Crippen molar-refractivity contribution in [3.8, 4) is 0 Å². The lowest BCUT2D eigenvalue weighted by atomic mass is 9.95. The zero-order chi connectivity index (χ0) is 10.0. The highest BCUT2D eigenvalue weighted by molar-refractivity contribution is 5.80. The monoisotopic (exact) mass is 198 g/mol. The molecule has 80 valence electrons. The summed E-state index contributed by atoms with van der Waals surface area (Å²) in [6.45, 7) is 0.786. The molecule has 0 atom stereocenters. The van der Waals surface area contributed by atoms with Crippen LogP contribution in [0, 0.1) is 5.41 Å². The highest BCUT2D eigenvalue weighted by atomic mass is 16.5. The fraction of sp³-hybridized carbons (Fsp3) is 0.900. The fourth-order valence-corrected chi connectivity index (χ4v) is 1.80. The summed E-state index contributed by atoms with van der Waals surface area (Å²) < 4.78 is 5.76. The van der Waals surface area contributed by atoms with E-state index in [-0.39, 0.29) is 5.41 Å². The third kappa shape index (κ3) is 2.18. The van der Waals surface area contributed by atoms with E-state index in [0.29, 0.717) is 18.4 Å². The molecule has 0 aromatic carbocycles. The summed E-state index contributed by atoms with van der Waals surface area (Å²) in [7, 11) is 0. The number of ether oxygens (including phenoxy) is 1. The minimum Gasteiger partial charge on any atom is -0.409 e. The van der Waals surface area contributed by atoms with Gasteiger partial charge in [0.1, 0.15) is 5.84 Å². The van der Waals surface area contributed by atoms with E-state index in [2.05, 4.69) is 5.16 Å². The molecule has 4 heteroatoms. The van der Waals surface area contributed by atoms with Gasteiger partial charge in [0, 0.05) is 11.8 Å². The summed E-state index contributed by atoms with van der Waals surface area (Å²) >= 11 is 0. The van der Waals surface area contributed by atoms with Crippen molar-refractivity contribution in [2.45, 2.75) is 44.6 Å². The van der Waals surface area contributed by atoms with E-state index in [1.807, 2.05) is 0 Å². The molecule has 3 N–H and O–H groups in total. The largest absolute Gasteiger partial charge is 0.409 e. The summed E-state index contributed by atoms with van der Waals surface area (Å²) in [6, 6.07) is 0. The van der Waals surface area contributed by atoms with Crippen LogP contribution in [-0.2, 0) is 4.74 Å². The van der Waals surface area contributed by atoms with Gasteiger partial charge in [-0.15, -0.1) is 0 Å². The Morgan fingerprint density at radius 3 is 2.64 bits per heavy atom. The molecular weight excluding hydrogens is 180 g/mol. The van der Waals surface area contributed by atoms with Gasteiger partial charge in [0.25, 0.3) is 0 Å². The van der Waals surface area contributed by atoms with Gasteiger partial charge in [-0.25, -0.2) is 0 Å². The minimum atomic E-state index is 0.200. The first-order valence-electron chi connectivity index (χ1n) is 5.32. The number of nitrogens with zero attached hydrogens (tertiary/aromatic N) is 1.